The van der Waals surface area contributed by atoms with Crippen LogP contribution in [0.1, 0.15) is 60.8 Å². The van der Waals surface area contributed by atoms with Gasteiger partial charge in [0.05, 0.1) is 12.5 Å². The Morgan fingerprint density at radius 1 is 0.970 bits per heavy atom. The van der Waals surface area contributed by atoms with E-state index in [0.29, 0.717) is 12.5 Å². The molecule has 1 aliphatic rings. The number of anilines is 2. The summed E-state index contributed by atoms with van der Waals surface area (Å²) < 4.78 is 0. The van der Waals surface area contributed by atoms with Crippen LogP contribution < -0.4 is 9.80 Å². The Morgan fingerprint density at radius 3 is 2.27 bits per heavy atom. The van der Waals surface area contributed by atoms with Gasteiger partial charge in [0, 0.05) is 25.5 Å². The number of phenolic OH excluding ortho intramolecular Hbond substituents is 1. The van der Waals surface area contributed by atoms with E-state index in [1.807, 2.05) is 31.1 Å². The van der Waals surface area contributed by atoms with Gasteiger partial charge in [-0.2, -0.15) is 0 Å². The van der Waals surface area contributed by atoms with Crippen molar-refractivity contribution >= 4 is 17.3 Å². The zero-order valence-electron chi connectivity index (χ0n) is 20.1. The molecule has 1 unspecified atom stereocenters. The molecule has 3 aromatic carbocycles. The van der Waals surface area contributed by atoms with Gasteiger partial charge >= 0.3 is 0 Å². The Bertz CT molecular complexity index is 1100. The molecule has 1 atom stereocenters. The highest BCUT2D eigenvalue weighted by Crippen LogP contribution is 2.36. The average Bonchev–Trinajstić information content (AvgIpc) is 2.82. The molecule has 172 valence electrons. The molecular weight excluding hydrogens is 408 g/mol. The van der Waals surface area contributed by atoms with E-state index in [1.165, 1.54) is 5.56 Å². The van der Waals surface area contributed by atoms with Crippen molar-refractivity contribution in [3.8, 4) is 5.75 Å². The van der Waals surface area contributed by atoms with Crippen molar-refractivity contribution in [2.24, 2.45) is 0 Å². The first-order valence-corrected chi connectivity index (χ1v) is 11.8. The van der Waals surface area contributed by atoms with Gasteiger partial charge in [-0.05, 0) is 83.8 Å². The Kier molecular flexibility index (Phi) is 6.73. The molecule has 0 spiro atoms. The maximum atomic E-state index is 14.0. The number of rotatable bonds is 6. The fourth-order valence-corrected chi connectivity index (χ4v) is 4.66. The molecule has 4 nitrogen and oxygen atoms in total. The summed E-state index contributed by atoms with van der Waals surface area (Å²) in [6.07, 6.45) is 2.68. The second kappa shape index (κ2) is 9.70. The smallest absolute Gasteiger partial charge is 0.234 e. The summed E-state index contributed by atoms with van der Waals surface area (Å²) in [5.74, 6) is 0.638. The van der Waals surface area contributed by atoms with E-state index in [2.05, 4.69) is 67.3 Å². The standard InChI is InChI=1S/C29H34N2O2/c1-20(2)22-10-14-25(15-11-22)31(19-21-8-12-24(13-9-21)30(3)4)29(33)28-7-5-6-23-18-26(32)16-17-27(23)28/h8-18,20,28,32H,5-7,19H2,1-4H3. The minimum absolute atomic E-state index is 0.121. The third kappa shape index (κ3) is 5.05. The lowest BCUT2D eigenvalue weighted by Crippen LogP contribution is -2.36. The highest BCUT2D eigenvalue weighted by atomic mass is 16.3. The third-order valence-corrected chi connectivity index (χ3v) is 6.67. The molecule has 0 saturated carbocycles. The van der Waals surface area contributed by atoms with Gasteiger partial charge in [-0.1, -0.05) is 44.2 Å². The topological polar surface area (TPSA) is 43.8 Å². The van der Waals surface area contributed by atoms with Crippen molar-refractivity contribution in [3.63, 3.8) is 0 Å². The number of fused-ring (bicyclic) bond motifs is 1. The first-order valence-electron chi connectivity index (χ1n) is 11.8. The quantitative estimate of drug-likeness (QED) is 0.492. The largest absolute Gasteiger partial charge is 0.508 e. The highest BCUT2D eigenvalue weighted by molar-refractivity contribution is 5.98. The van der Waals surface area contributed by atoms with Crippen LogP contribution >= 0.6 is 0 Å². The molecule has 4 rings (SSSR count). The van der Waals surface area contributed by atoms with Gasteiger partial charge in [0.1, 0.15) is 5.75 Å². The van der Waals surface area contributed by atoms with Gasteiger partial charge in [-0.25, -0.2) is 0 Å². The summed E-state index contributed by atoms with van der Waals surface area (Å²) >= 11 is 0. The van der Waals surface area contributed by atoms with Crippen LogP contribution in [0.5, 0.6) is 5.75 Å². The van der Waals surface area contributed by atoms with Gasteiger partial charge in [0.2, 0.25) is 5.91 Å². The molecule has 1 amide bonds. The van der Waals surface area contributed by atoms with Crippen LogP contribution in [0, 0.1) is 0 Å². The lowest BCUT2D eigenvalue weighted by atomic mass is 9.81. The number of carbonyl (C=O) groups is 1. The number of nitrogens with zero attached hydrogens (tertiary/aromatic N) is 2. The molecule has 0 aliphatic heterocycles. The van der Waals surface area contributed by atoms with E-state index < -0.39 is 0 Å². The molecule has 0 heterocycles. The fourth-order valence-electron chi connectivity index (χ4n) is 4.66. The number of phenols is 1. The van der Waals surface area contributed by atoms with Crippen molar-refractivity contribution in [2.75, 3.05) is 23.9 Å². The zero-order valence-corrected chi connectivity index (χ0v) is 20.1. The molecule has 0 fully saturated rings. The van der Waals surface area contributed by atoms with Gasteiger partial charge in [-0.3, -0.25) is 4.79 Å². The highest BCUT2D eigenvalue weighted by Gasteiger charge is 2.31. The monoisotopic (exact) mass is 442 g/mol. The Hall–Kier alpha value is -3.27. The maximum Gasteiger partial charge on any atom is 0.234 e. The zero-order chi connectivity index (χ0) is 23.5. The summed E-state index contributed by atoms with van der Waals surface area (Å²) in [6, 6.07) is 22.2. The number of hydrogen-bond donors (Lipinski definition) is 1. The van der Waals surface area contributed by atoms with E-state index in [-0.39, 0.29) is 17.6 Å². The van der Waals surface area contributed by atoms with E-state index in [4.69, 9.17) is 0 Å². The molecule has 1 aliphatic carbocycles. The fraction of sp³-hybridized carbons (Fsp3) is 0.345. The molecule has 4 heteroatoms. The Balaban J connectivity index is 1.68. The molecule has 0 saturated heterocycles. The molecular formula is C29H34N2O2. The number of amides is 1. The average molecular weight is 443 g/mol. The van der Waals surface area contributed by atoms with Crippen LogP contribution in [0.15, 0.2) is 66.7 Å². The van der Waals surface area contributed by atoms with Crippen LogP contribution in [0.3, 0.4) is 0 Å². The van der Waals surface area contributed by atoms with Gasteiger partial charge in [0.25, 0.3) is 0 Å². The third-order valence-electron chi connectivity index (χ3n) is 6.67. The van der Waals surface area contributed by atoms with E-state index in [1.54, 1.807) is 6.07 Å². The lowest BCUT2D eigenvalue weighted by Gasteiger charge is -2.31. The summed E-state index contributed by atoms with van der Waals surface area (Å²) in [5, 5.41) is 9.93. The predicted molar refractivity (Wildman–Crippen MR) is 136 cm³/mol. The maximum absolute atomic E-state index is 14.0. The van der Waals surface area contributed by atoms with Crippen LogP contribution in [0.25, 0.3) is 0 Å². The second-order valence-corrected chi connectivity index (χ2v) is 9.56. The minimum Gasteiger partial charge on any atom is -0.508 e. The SMILES string of the molecule is CC(C)c1ccc(N(Cc2ccc(N(C)C)cc2)C(=O)C2CCCc3cc(O)ccc32)cc1. The minimum atomic E-state index is -0.194. The van der Waals surface area contributed by atoms with Crippen LogP contribution in [0.4, 0.5) is 11.4 Å². The number of benzene rings is 3. The first kappa shape index (κ1) is 22.9. The Morgan fingerprint density at radius 2 is 1.64 bits per heavy atom. The summed E-state index contributed by atoms with van der Waals surface area (Å²) in [6.45, 7) is 4.88. The van der Waals surface area contributed by atoms with Crippen LogP contribution in [-0.4, -0.2) is 25.1 Å². The second-order valence-electron chi connectivity index (χ2n) is 9.56. The van der Waals surface area contributed by atoms with E-state index >= 15 is 0 Å². The van der Waals surface area contributed by atoms with Crippen molar-refractivity contribution in [3.05, 3.63) is 89.0 Å². The first-order chi connectivity index (χ1) is 15.8. The van der Waals surface area contributed by atoms with Gasteiger partial charge in [-0.15, -0.1) is 0 Å². The molecule has 3 aromatic rings. The predicted octanol–water partition coefficient (Wildman–Crippen LogP) is 6.23. The normalized spacial score (nSPS) is 15.2. The van der Waals surface area contributed by atoms with Crippen molar-refractivity contribution in [1.29, 1.82) is 0 Å². The number of aryl methyl sites for hydroxylation is 1. The molecule has 1 N–H and O–H groups in total. The van der Waals surface area contributed by atoms with E-state index in [0.717, 1.165) is 47.3 Å². The number of carbonyl (C=O) groups excluding carboxylic acids is 1. The van der Waals surface area contributed by atoms with Gasteiger partial charge in [0.15, 0.2) is 0 Å². The van der Waals surface area contributed by atoms with Crippen molar-refractivity contribution in [1.82, 2.24) is 0 Å². The number of aromatic hydroxyl groups is 1. The summed E-state index contributed by atoms with van der Waals surface area (Å²) in [5.41, 5.74) is 6.57. The summed E-state index contributed by atoms with van der Waals surface area (Å²) in [7, 11) is 4.05. The summed E-state index contributed by atoms with van der Waals surface area (Å²) in [4.78, 5) is 18.0. The van der Waals surface area contributed by atoms with Crippen molar-refractivity contribution < 1.29 is 9.90 Å². The Labute approximate surface area is 197 Å². The van der Waals surface area contributed by atoms with Crippen LogP contribution in [-0.2, 0) is 17.8 Å². The van der Waals surface area contributed by atoms with Gasteiger partial charge < -0.3 is 14.9 Å². The lowest BCUT2D eigenvalue weighted by molar-refractivity contribution is -0.120. The van der Waals surface area contributed by atoms with Crippen molar-refractivity contribution in [2.45, 2.75) is 51.5 Å². The van der Waals surface area contributed by atoms with E-state index in [9.17, 15) is 9.90 Å². The molecule has 0 radical (unpaired) electrons. The van der Waals surface area contributed by atoms with Crippen LogP contribution in [0.2, 0.25) is 0 Å². The number of hydrogen-bond acceptors (Lipinski definition) is 3. The molecule has 33 heavy (non-hydrogen) atoms. The molecule has 0 bridgehead atoms. The molecule has 0 aromatic heterocycles.